The summed E-state index contributed by atoms with van der Waals surface area (Å²) in [6, 6.07) is -0.365. The van der Waals surface area contributed by atoms with E-state index in [-0.39, 0.29) is 12.6 Å². The lowest BCUT2D eigenvalue weighted by Crippen LogP contribution is -2.43. The van der Waals surface area contributed by atoms with Crippen LogP contribution in [0.25, 0.3) is 0 Å². The van der Waals surface area contributed by atoms with Crippen LogP contribution in [0, 0.1) is 17.8 Å². The molecule has 4 heteroatoms. The molecule has 3 atom stereocenters. The van der Waals surface area contributed by atoms with Crippen molar-refractivity contribution >= 4 is 5.97 Å². The van der Waals surface area contributed by atoms with Crippen molar-refractivity contribution in [3.8, 4) is 0 Å². The van der Waals surface area contributed by atoms with E-state index in [2.05, 4.69) is 5.32 Å². The molecule has 0 amide bonds. The molecule has 2 rings (SSSR count). The van der Waals surface area contributed by atoms with E-state index in [0.29, 0.717) is 17.8 Å². The van der Waals surface area contributed by atoms with Crippen LogP contribution in [0.4, 0.5) is 0 Å². The molecule has 0 heterocycles. The molecule has 17 heavy (non-hydrogen) atoms. The summed E-state index contributed by atoms with van der Waals surface area (Å²) < 4.78 is 0. The van der Waals surface area contributed by atoms with Crippen LogP contribution in [-0.4, -0.2) is 35.4 Å². The van der Waals surface area contributed by atoms with E-state index >= 15 is 0 Å². The van der Waals surface area contributed by atoms with Crippen LogP contribution in [-0.2, 0) is 4.79 Å². The lowest BCUT2D eigenvalue weighted by atomic mass is 9.79. The van der Waals surface area contributed by atoms with Gasteiger partial charge in [-0.15, -0.1) is 0 Å². The zero-order valence-corrected chi connectivity index (χ0v) is 10.3. The van der Waals surface area contributed by atoms with Crippen LogP contribution in [0.5, 0.6) is 0 Å². The molecule has 0 aromatic heterocycles. The van der Waals surface area contributed by atoms with Crippen LogP contribution in [0.2, 0.25) is 0 Å². The molecule has 0 aromatic rings. The molecule has 4 nitrogen and oxygen atoms in total. The molecule has 0 saturated heterocycles. The van der Waals surface area contributed by atoms with Gasteiger partial charge >= 0.3 is 5.97 Å². The summed E-state index contributed by atoms with van der Waals surface area (Å²) in [5.74, 6) is 0.437. The predicted octanol–water partition coefficient (Wildman–Crippen LogP) is 1.24. The highest BCUT2D eigenvalue weighted by Crippen LogP contribution is 2.34. The summed E-state index contributed by atoms with van der Waals surface area (Å²) in [6.45, 7) is 0.992. The smallest absolute Gasteiger partial charge is 0.320 e. The number of rotatable bonds is 6. The first kappa shape index (κ1) is 12.8. The normalized spacial score (nSPS) is 31.1. The standard InChI is InChI=1S/C13H23NO3/c15-8-11-4-2-1-3-10(11)7-14-12(13(16)17)9-5-6-9/h9-12,14-15H,1-8H2,(H,16,17). The third-order valence-corrected chi connectivity index (χ3v) is 4.26. The first-order valence-electron chi connectivity index (χ1n) is 6.79. The predicted molar refractivity (Wildman–Crippen MR) is 64.7 cm³/mol. The van der Waals surface area contributed by atoms with Crippen molar-refractivity contribution in [3.63, 3.8) is 0 Å². The molecule has 0 spiro atoms. The number of aliphatic hydroxyl groups is 1. The summed E-state index contributed by atoms with van der Waals surface area (Å²) in [6.07, 6.45) is 6.70. The van der Waals surface area contributed by atoms with E-state index in [1.54, 1.807) is 0 Å². The lowest BCUT2D eigenvalue weighted by Gasteiger charge is -2.31. The first-order chi connectivity index (χ1) is 8.22. The quantitative estimate of drug-likeness (QED) is 0.654. The number of nitrogens with one attached hydrogen (secondary N) is 1. The largest absolute Gasteiger partial charge is 0.480 e. The Morgan fingerprint density at radius 2 is 1.82 bits per heavy atom. The third-order valence-electron chi connectivity index (χ3n) is 4.26. The maximum atomic E-state index is 11.1. The fourth-order valence-electron chi connectivity index (χ4n) is 2.96. The number of hydrogen-bond donors (Lipinski definition) is 3. The van der Waals surface area contributed by atoms with Crippen LogP contribution >= 0.6 is 0 Å². The fraction of sp³-hybridized carbons (Fsp3) is 0.923. The molecular formula is C13H23NO3. The Bertz CT molecular complexity index is 265. The molecule has 0 bridgehead atoms. The van der Waals surface area contributed by atoms with Gasteiger partial charge in [-0.25, -0.2) is 0 Å². The van der Waals surface area contributed by atoms with Crippen molar-refractivity contribution in [3.05, 3.63) is 0 Å². The maximum Gasteiger partial charge on any atom is 0.320 e. The SMILES string of the molecule is O=C(O)C(NCC1CCCCC1CO)C1CC1. The minimum Gasteiger partial charge on any atom is -0.480 e. The highest BCUT2D eigenvalue weighted by Gasteiger charge is 2.36. The summed E-state index contributed by atoms with van der Waals surface area (Å²) in [4.78, 5) is 11.1. The van der Waals surface area contributed by atoms with E-state index in [9.17, 15) is 9.90 Å². The molecule has 0 radical (unpaired) electrons. The van der Waals surface area contributed by atoms with Gasteiger partial charge in [0.05, 0.1) is 0 Å². The number of carbonyl (C=O) groups is 1. The second-order valence-electron chi connectivity index (χ2n) is 5.55. The van der Waals surface area contributed by atoms with E-state index in [1.807, 2.05) is 0 Å². The van der Waals surface area contributed by atoms with Crippen molar-refractivity contribution in [1.82, 2.24) is 5.32 Å². The molecular weight excluding hydrogens is 218 g/mol. The van der Waals surface area contributed by atoms with Gasteiger partial charge in [0, 0.05) is 6.61 Å². The van der Waals surface area contributed by atoms with Gasteiger partial charge in [0.2, 0.25) is 0 Å². The Labute approximate surface area is 102 Å². The second kappa shape index (κ2) is 5.83. The summed E-state index contributed by atoms with van der Waals surface area (Å²) >= 11 is 0. The van der Waals surface area contributed by atoms with Crippen molar-refractivity contribution in [1.29, 1.82) is 0 Å². The van der Waals surface area contributed by atoms with Crippen molar-refractivity contribution in [2.75, 3.05) is 13.2 Å². The molecule has 2 saturated carbocycles. The Balaban J connectivity index is 1.80. The number of carboxylic acid groups (broad SMARTS) is 1. The van der Waals surface area contributed by atoms with Gasteiger partial charge in [0.25, 0.3) is 0 Å². The fourth-order valence-corrected chi connectivity index (χ4v) is 2.96. The molecule has 0 aliphatic heterocycles. The minimum atomic E-state index is -0.719. The molecule has 0 aromatic carbocycles. The van der Waals surface area contributed by atoms with Crippen LogP contribution < -0.4 is 5.32 Å². The highest BCUT2D eigenvalue weighted by atomic mass is 16.4. The van der Waals surface area contributed by atoms with Gasteiger partial charge in [0.15, 0.2) is 0 Å². The zero-order chi connectivity index (χ0) is 12.3. The number of aliphatic hydroxyl groups excluding tert-OH is 1. The van der Waals surface area contributed by atoms with E-state index in [4.69, 9.17) is 5.11 Å². The summed E-state index contributed by atoms with van der Waals surface area (Å²) in [5, 5.41) is 21.6. The maximum absolute atomic E-state index is 11.1. The number of aliphatic carboxylic acids is 1. The second-order valence-corrected chi connectivity index (χ2v) is 5.55. The number of hydrogen-bond acceptors (Lipinski definition) is 3. The number of carboxylic acids is 1. The summed E-state index contributed by atoms with van der Waals surface area (Å²) in [7, 11) is 0. The van der Waals surface area contributed by atoms with Gasteiger partial charge < -0.3 is 15.5 Å². The Morgan fingerprint density at radius 3 is 2.35 bits per heavy atom. The Kier molecular flexibility index (Phi) is 4.40. The van der Waals surface area contributed by atoms with Gasteiger partial charge in [-0.2, -0.15) is 0 Å². The zero-order valence-electron chi connectivity index (χ0n) is 10.3. The van der Waals surface area contributed by atoms with Crippen molar-refractivity contribution in [2.24, 2.45) is 17.8 Å². The van der Waals surface area contributed by atoms with Gasteiger partial charge in [0.1, 0.15) is 6.04 Å². The topological polar surface area (TPSA) is 69.6 Å². The Morgan fingerprint density at radius 1 is 1.18 bits per heavy atom. The van der Waals surface area contributed by atoms with Crippen molar-refractivity contribution in [2.45, 2.75) is 44.6 Å². The molecule has 2 aliphatic rings. The minimum absolute atomic E-state index is 0.244. The van der Waals surface area contributed by atoms with Crippen LogP contribution in [0.15, 0.2) is 0 Å². The average Bonchev–Trinajstić information content (AvgIpc) is 3.14. The highest BCUT2D eigenvalue weighted by molar-refractivity contribution is 5.74. The van der Waals surface area contributed by atoms with Gasteiger partial charge in [-0.05, 0) is 50.0 Å². The monoisotopic (exact) mass is 241 g/mol. The summed E-state index contributed by atoms with van der Waals surface area (Å²) in [5.41, 5.74) is 0. The van der Waals surface area contributed by atoms with Crippen molar-refractivity contribution < 1.29 is 15.0 Å². The van der Waals surface area contributed by atoms with Crippen LogP contribution in [0.1, 0.15) is 38.5 Å². The van der Waals surface area contributed by atoms with Gasteiger partial charge in [-0.3, -0.25) is 4.79 Å². The molecule has 2 aliphatic carbocycles. The van der Waals surface area contributed by atoms with Crippen LogP contribution in [0.3, 0.4) is 0 Å². The molecule has 3 unspecified atom stereocenters. The first-order valence-corrected chi connectivity index (χ1v) is 6.79. The van der Waals surface area contributed by atoms with E-state index in [1.165, 1.54) is 12.8 Å². The third kappa shape index (κ3) is 3.42. The van der Waals surface area contributed by atoms with E-state index < -0.39 is 5.97 Å². The molecule has 3 N–H and O–H groups in total. The average molecular weight is 241 g/mol. The van der Waals surface area contributed by atoms with Gasteiger partial charge in [-0.1, -0.05) is 12.8 Å². The molecule has 98 valence electrons. The van der Waals surface area contributed by atoms with E-state index in [0.717, 1.165) is 32.2 Å². The lowest BCUT2D eigenvalue weighted by molar-refractivity contribution is -0.140. The molecule has 2 fully saturated rings. The Hall–Kier alpha value is -0.610.